The van der Waals surface area contributed by atoms with Gasteiger partial charge in [-0.2, -0.15) is 5.26 Å². The van der Waals surface area contributed by atoms with Gasteiger partial charge in [-0.15, -0.1) is 11.3 Å². The van der Waals surface area contributed by atoms with Crippen molar-refractivity contribution in [2.24, 2.45) is 5.92 Å². The summed E-state index contributed by atoms with van der Waals surface area (Å²) in [6, 6.07) is 10.3. The number of thiophene rings is 1. The van der Waals surface area contributed by atoms with E-state index in [4.69, 9.17) is 32.4 Å². The van der Waals surface area contributed by atoms with Gasteiger partial charge >= 0.3 is 5.97 Å². The molecule has 0 spiro atoms. The SMILES string of the molecule is CCOC(=O)c1c(NC(=O)/C(C#N)=C/c2ccc(-c3ccc(Cl)cc3Cl)o2)sc2c1CCC(C)C2. The number of rotatable bonds is 6. The summed E-state index contributed by atoms with van der Waals surface area (Å²) in [5, 5.41) is 13.7. The first-order valence-electron chi connectivity index (χ1n) is 11.1. The number of nitrogens with zero attached hydrogens (tertiary/aromatic N) is 1. The van der Waals surface area contributed by atoms with Crippen LogP contribution in [-0.2, 0) is 22.4 Å². The molecule has 0 saturated carbocycles. The maximum Gasteiger partial charge on any atom is 0.341 e. The molecule has 0 aliphatic heterocycles. The van der Waals surface area contributed by atoms with E-state index >= 15 is 0 Å². The maximum absolute atomic E-state index is 13.0. The Bertz CT molecular complexity index is 1370. The maximum atomic E-state index is 13.0. The highest BCUT2D eigenvalue weighted by atomic mass is 35.5. The number of nitrogens with one attached hydrogen (secondary N) is 1. The predicted octanol–water partition coefficient (Wildman–Crippen LogP) is 7.16. The first-order valence-corrected chi connectivity index (χ1v) is 12.7. The summed E-state index contributed by atoms with van der Waals surface area (Å²) in [4.78, 5) is 26.8. The van der Waals surface area contributed by atoms with Crippen molar-refractivity contribution in [1.29, 1.82) is 5.26 Å². The van der Waals surface area contributed by atoms with Gasteiger partial charge < -0.3 is 14.5 Å². The van der Waals surface area contributed by atoms with E-state index in [0.29, 0.717) is 43.6 Å². The molecule has 1 aliphatic rings. The summed E-state index contributed by atoms with van der Waals surface area (Å²) >= 11 is 13.6. The number of amides is 1. The van der Waals surface area contributed by atoms with Crippen molar-refractivity contribution in [3.05, 3.63) is 67.7 Å². The number of halogens is 2. The minimum absolute atomic E-state index is 0.164. The van der Waals surface area contributed by atoms with Gasteiger partial charge in [-0.1, -0.05) is 30.1 Å². The third-order valence-electron chi connectivity index (χ3n) is 5.69. The van der Waals surface area contributed by atoms with Crippen LogP contribution in [0.1, 0.15) is 46.8 Å². The van der Waals surface area contributed by atoms with Gasteiger partial charge in [0.1, 0.15) is 28.2 Å². The van der Waals surface area contributed by atoms with Crippen LogP contribution in [0.25, 0.3) is 17.4 Å². The van der Waals surface area contributed by atoms with Crippen LogP contribution in [0, 0.1) is 17.2 Å². The molecule has 4 rings (SSSR count). The molecule has 180 valence electrons. The second kappa shape index (κ2) is 10.7. The fourth-order valence-electron chi connectivity index (χ4n) is 3.98. The summed E-state index contributed by atoms with van der Waals surface area (Å²) < 4.78 is 11.0. The van der Waals surface area contributed by atoms with Crippen LogP contribution in [0.3, 0.4) is 0 Å². The number of furan rings is 1. The van der Waals surface area contributed by atoms with Crippen LogP contribution in [0.5, 0.6) is 0 Å². The average Bonchev–Trinajstić information content (AvgIpc) is 3.41. The van der Waals surface area contributed by atoms with Crippen molar-refractivity contribution in [2.75, 3.05) is 11.9 Å². The first kappa shape index (κ1) is 25.1. The number of nitriles is 1. The molecule has 6 nitrogen and oxygen atoms in total. The van der Waals surface area contributed by atoms with Crippen molar-refractivity contribution >= 4 is 57.5 Å². The molecule has 3 aromatic rings. The first-order chi connectivity index (χ1) is 16.8. The second-order valence-corrected chi connectivity index (χ2v) is 10.2. The Hall–Kier alpha value is -3.05. The van der Waals surface area contributed by atoms with E-state index in [2.05, 4.69) is 12.2 Å². The molecule has 0 bridgehead atoms. The van der Waals surface area contributed by atoms with Gasteiger partial charge in [0.15, 0.2) is 0 Å². The van der Waals surface area contributed by atoms with E-state index in [1.54, 1.807) is 37.3 Å². The standard InChI is InChI=1S/C26H22Cl2N2O4S/c1-3-33-26(32)23-19-7-4-14(2)10-22(19)35-25(23)30-24(31)15(13-29)11-17-6-9-21(34-17)18-8-5-16(27)12-20(18)28/h5-6,8-9,11-12,14H,3-4,7,10H2,1-2H3,(H,30,31)/b15-11+. The number of carbonyl (C=O) groups is 2. The lowest BCUT2D eigenvalue weighted by Crippen LogP contribution is -2.17. The van der Waals surface area contributed by atoms with Crippen LogP contribution in [0.2, 0.25) is 10.0 Å². The van der Waals surface area contributed by atoms with Crippen molar-refractivity contribution < 1.29 is 18.7 Å². The molecule has 1 atom stereocenters. The zero-order valence-electron chi connectivity index (χ0n) is 19.1. The zero-order valence-corrected chi connectivity index (χ0v) is 21.4. The molecular weight excluding hydrogens is 507 g/mol. The van der Waals surface area contributed by atoms with Crippen molar-refractivity contribution in [1.82, 2.24) is 0 Å². The monoisotopic (exact) mass is 528 g/mol. The van der Waals surface area contributed by atoms with Crippen molar-refractivity contribution in [3.8, 4) is 17.4 Å². The second-order valence-electron chi connectivity index (χ2n) is 8.23. The Morgan fingerprint density at radius 1 is 1.31 bits per heavy atom. The molecule has 2 aromatic heterocycles. The summed E-state index contributed by atoms with van der Waals surface area (Å²) in [7, 11) is 0. The highest BCUT2D eigenvalue weighted by Crippen LogP contribution is 2.40. The van der Waals surface area contributed by atoms with E-state index in [0.717, 1.165) is 29.7 Å². The van der Waals surface area contributed by atoms with Gasteiger partial charge in [-0.05, 0) is 68.0 Å². The fourth-order valence-corrected chi connectivity index (χ4v) is 5.88. The molecular formula is C26H22Cl2N2O4S. The van der Waals surface area contributed by atoms with Gasteiger partial charge in [-0.3, -0.25) is 4.79 Å². The number of ether oxygens (including phenoxy) is 1. The minimum atomic E-state index is -0.632. The number of hydrogen-bond acceptors (Lipinski definition) is 6. The highest BCUT2D eigenvalue weighted by molar-refractivity contribution is 7.17. The molecule has 1 amide bonds. The molecule has 0 fully saturated rings. The molecule has 1 N–H and O–H groups in total. The number of hydrogen-bond donors (Lipinski definition) is 1. The largest absolute Gasteiger partial charge is 0.462 e. The van der Waals surface area contributed by atoms with E-state index in [9.17, 15) is 14.9 Å². The van der Waals surface area contributed by atoms with Crippen molar-refractivity contribution in [2.45, 2.75) is 33.1 Å². The summed E-state index contributed by atoms with van der Waals surface area (Å²) in [5.41, 5.74) is 1.79. The van der Waals surface area contributed by atoms with Crippen LogP contribution in [-0.4, -0.2) is 18.5 Å². The minimum Gasteiger partial charge on any atom is -0.462 e. The average molecular weight is 529 g/mol. The van der Waals surface area contributed by atoms with E-state index < -0.39 is 11.9 Å². The lowest BCUT2D eigenvalue weighted by Gasteiger charge is -2.18. The molecule has 9 heteroatoms. The number of benzene rings is 1. The summed E-state index contributed by atoms with van der Waals surface area (Å²) in [6.07, 6.45) is 3.90. The Morgan fingerprint density at radius 2 is 2.11 bits per heavy atom. The van der Waals surface area contributed by atoms with Gasteiger partial charge in [0.05, 0.1) is 17.2 Å². The Kier molecular flexibility index (Phi) is 7.66. The van der Waals surface area contributed by atoms with Crippen LogP contribution in [0.15, 0.2) is 40.3 Å². The Labute approximate surface area is 217 Å². The zero-order chi connectivity index (χ0) is 25.1. The lowest BCUT2D eigenvalue weighted by atomic mass is 9.88. The van der Waals surface area contributed by atoms with E-state index in [1.807, 2.05) is 6.07 Å². The number of esters is 1. The lowest BCUT2D eigenvalue weighted by molar-refractivity contribution is -0.112. The number of fused-ring (bicyclic) bond motifs is 1. The summed E-state index contributed by atoms with van der Waals surface area (Å²) in [5.74, 6) is 0.180. The molecule has 0 radical (unpaired) electrons. The smallest absolute Gasteiger partial charge is 0.341 e. The van der Waals surface area contributed by atoms with Crippen LogP contribution < -0.4 is 5.32 Å². The molecule has 1 aliphatic carbocycles. The third-order valence-corrected chi connectivity index (χ3v) is 7.41. The third kappa shape index (κ3) is 5.46. The molecule has 1 unspecified atom stereocenters. The summed E-state index contributed by atoms with van der Waals surface area (Å²) in [6.45, 7) is 4.13. The molecule has 0 saturated heterocycles. The normalized spacial score (nSPS) is 15.3. The quantitative estimate of drug-likeness (QED) is 0.208. The Balaban J connectivity index is 1.60. The fraction of sp³-hybridized carbons (Fsp3) is 0.269. The van der Waals surface area contributed by atoms with E-state index in [1.165, 1.54) is 17.4 Å². The molecule has 35 heavy (non-hydrogen) atoms. The number of anilines is 1. The highest BCUT2D eigenvalue weighted by Gasteiger charge is 2.29. The number of carbonyl (C=O) groups excluding carboxylic acids is 2. The predicted molar refractivity (Wildman–Crippen MR) is 138 cm³/mol. The molecule has 1 aromatic carbocycles. The van der Waals surface area contributed by atoms with Crippen LogP contribution in [0.4, 0.5) is 5.00 Å². The van der Waals surface area contributed by atoms with Gasteiger partial charge in [0, 0.05) is 21.5 Å². The van der Waals surface area contributed by atoms with Gasteiger partial charge in [0.2, 0.25) is 0 Å². The van der Waals surface area contributed by atoms with Gasteiger partial charge in [0.25, 0.3) is 5.91 Å². The molecule has 2 heterocycles. The Morgan fingerprint density at radius 3 is 2.83 bits per heavy atom. The van der Waals surface area contributed by atoms with Crippen molar-refractivity contribution in [3.63, 3.8) is 0 Å². The van der Waals surface area contributed by atoms with E-state index in [-0.39, 0.29) is 12.2 Å². The van der Waals surface area contributed by atoms with Crippen LogP contribution >= 0.6 is 34.5 Å². The van der Waals surface area contributed by atoms with Gasteiger partial charge in [-0.25, -0.2) is 4.79 Å². The topological polar surface area (TPSA) is 92.3 Å².